The number of benzene rings is 1. The van der Waals surface area contributed by atoms with Crippen LogP contribution < -0.4 is 5.32 Å². The molecule has 1 fully saturated rings. The summed E-state index contributed by atoms with van der Waals surface area (Å²) in [6, 6.07) is 8.07. The normalized spacial score (nSPS) is 19.5. The molecule has 1 aliphatic rings. The first-order valence-electron chi connectivity index (χ1n) is 7.11. The van der Waals surface area contributed by atoms with E-state index in [1.54, 1.807) is 0 Å². The van der Waals surface area contributed by atoms with Gasteiger partial charge in [-0.1, -0.05) is 36.7 Å². The molecule has 2 amide bonds. The summed E-state index contributed by atoms with van der Waals surface area (Å²) in [5.74, 6) is 0.954. The molecule has 1 aromatic carbocycles. The topological polar surface area (TPSA) is 32.3 Å². The van der Waals surface area contributed by atoms with Crippen molar-refractivity contribution < 1.29 is 4.79 Å². The highest BCUT2D eigenvalue weighted by atomic mass is 35.5. The quantitative estimate of drug-likeness (QED) is 0.917. The molecule has 0 bridgehead atoms. The molecule has 1 saturated heterocycles. The highest BCUT2D eigenvalue weighted by Gasteiger charge is 2.22. The fourth-order valence-electron chi connectivity index (χ4n) is 2.30. The molecule has 0 spiro atoms. The third kappa shape index (κ3) is 4.06. The molecule has 0 aliphatic carbocycles. The standard InChI is InChI=1S/C15H21ClN2OS/c1-2-8-17-15(19)18-9-7-14(20-11-10-18)12-5-3-4-6-13(12)16/h3-6,14H,2,7-11H2,1H3,(H,17,19). The third-order valence-corrected chi connectivity index (χ3v) is 5.06. The molecule has 1 atom stereocenters. The van der Waals surface area contributed by atoms with E-state index in [-0.39, 0.29) is 6.03 Å². The van der Waals surface area contributed by atoms with Crippen LogP contribution in [0.2, 0.25) is 5.02 Å². The molecule has 5 heteroatoms. The van der Waals surface area contributed by atoms with Gasteiger partial charge in [0.25, 0.3) is 0 Å². The van der Waals surface area contributed by atoms with Gasteiger partial charge in [-0.25, -0.2) is 4.79 Å². The van der Waals surface area contributed by atoms with Gasteiger partial charge in [-0.2, -0.15) is 11.8 Å². The molecule has 1 unspecified atom stereocenters. The Bertz CT molecular complexity index is 455. The Kier molecular flexibility index (Phi) is 6.05. The van der Waals surface area contributed by atoms with Crippen molar-refractivity contribution in [3.63, 3.8) is 0 Å². The van der Waals surface area contributed by atoms with E-state index in [1.165, 1.54) is 5.56 Å². The monoisotopic (exact) mass is 312 g/mol. The maximum atomic E-state index is 12.0. The van der Waals surface area contributed by atoms with Gasteiger partial charge in [-0.3, -0.25) is 0 Å². The molecule has 110 valence electrons. The first-order chi connectivity index (χ1) is 9.72. The molecule has 3 nitrogen and oxygen atoms in total. The van der Waals surface area contributed by atoms with Crippen LogP contribution in [-0.4, -0.2) is 36.3 Å². The summed E-state index contributed by atoms with van der Waals surface area (Å²) in [4.78, 5) is 13.9. The minimum Gasteiger partial charge on any atom is -0.338 e. The van der Waals surface area contributed by atoms with Crippen molar-refractivity contribution in [1.82, 2.24) is 10.2 Å². The van der Waals surface area contributed by atoms with Crippen LogP contribution in [0.1, 0.15) is 30.6 Å². The Morgan fingerprint density at radius 2 is 2.25 bits per heavy atom. The molecule has 1 N–H and O–H groups in total. The number of carbonyl (C=O) groups is 1. The summed E-state index contributed by atoms with van der Waals surface area (Å²) in [5.41, 5.74) is 1.19. The zero-order chi connectivity index (χ0) is 14.4. The first kappa shape index (κ1) is 15.5. The summed E-state index contributed by atoms with van der Waals surface area (Å²) in [6.07, 6.45) is 1.92. The van der Waals surface area contributed by atoms with Crippen molar-refractivity contribution in [3.8, 4) is 0 Å². The SMILES string of the molecule is CCCNC(=O)N1CCSC(c2ccccc2Cl)CC1. The number of hydrogen-bond acceptors (Lipinski definition) is 2. The molecule has 20 heavy (non-hydrogen) atoms. The third-order valence-electron chi connectivity index (χ3n) is 3.41. The van der Waals surface area contributed by atoms with Gasteiger partial charge in [0.05, 0.1) is 0 Å². The molecule has 2 rings (SSSR count). The van der Waals surface area contributed by atoms with Crippen molar-refractivity contribution in [2.45, 2.75) is 25.0 Å². The predicted octanol–water partition coefficient (Wildman–Crippen LogP) is 3.94. The highest BCUT2D eigenvalue weighted by Crippen LogP contribution is 2.37. The van der Waals surface area contributed by atoms with Gasteiger partial charge < -0.3 is 10.2 Å². The Hall–Kier alpha value is -0.870. The lowest BCUT2D eigenvalue weighted by atomic mass is 10.1. The van der Waals surface area contributed by atoms with E-state index in [0.29, 0.717) is 5.25 Å². The van der Waals surface area contributed by atoms with E-state index in [1.807, 2.05) is 34.9 Å². The van der Waals surface area contributed by atoms with Crippen LogP contribution >= 0.6 is 23.4 Å². The number of carbonyl (C=O) groups excluding carboxylic acids is 1. The Balaban J connectivity index is 1.95. The number of halogens is 1. The molecule has 0 aromatic heterocycles. The minimum absolute atomic E-state index is 0.0623. The number of rotatable bonds is 3. The van der Waals surface area contributed by atoms with E-state index < -0.39 is 0 Å². The van der Waals surface area contributed by atoms with E-state index in [0.717, 1.165) is 43.3 Å². The molecule has 1 heterocycles. The summed E-state index contributed by atoms with van der Waals surface area (Å²) in [5, 5.41) is 4.16. The maximum Gasteiger partial charge on any atom is 0.317 e. The van der Waals surface area contributed by atoms with Gasteiger partial charge in [0, 0.05) is 35.7 Å². The average molecular weight is 313 g/mol. The van der Waals surface area contributed by atoms with Gasteiger partial charge in [0.1, 0.15) is 0 Å². The second-order valence-electron chi connectivity index (χ2n) is 4.89. The first-order valence-corrected chi connectivity index (χ1v) is 8.54. The Labute approximate surface area is 130 Å². The van der Waals surface area contributed by atoms with Crippen LogP contribution in [0.5, 0.6) is 0 Å². The summed E-state index contributed by atoms with van der Waals surface area (Å²) < 4.78 is 0. The van der Waals surface area contributed by atoms with Crippen molar-refractivity contribution >= 4 is 29.4 Å². The number of amides is 2. The van der Waals surface area contributed by atoms with Crippen LogP contribution in [-0.2, 0) is 0 Å². The second kappa shape index (κ2) is 7.79. The molecule has 1 aromatic rings. The van der Waals surface area contributed by atoms with Gasteiger partial charge in [0.15, 0.2) is 0 Å². The smallest absolute Gasteiger partial charge is 0.317 e. The number of hydrogen-bond donors (Lipinski definition) is 1. The molecular weight excluding hydrogens is 292 g/mol. The van der Waals surface area contributed by atoms with Crippen LogP contribution in [0.4, 0.5) is 4.79 Å². The summed E-state index contributed by atoms with van der Waals surface area (Å²) >= 11 is 8.16. The van der Waals surface area contributed by atoms with Crippen LogP contribution in [0, 0.1) is 0 Å². The van der Waals surface area contributed by atoms with Crippen LogP contribution in [0.25, 0.3) is 0 Å². The van der Waals surface area contributed by atoms with Crippen molar-refractivity contribution in [3.05, 3.63) is 34.9 Å². The lowest BCUT2D eigenvalue weighted by molar-refractivity contribution is 0.201. The van der Waals surface area contributed by atoms with E-state index >= 15 is 0 Å². The van der Waals surface area contributed by atoms with Gasteiger partial charge >= 0.3 is 6.03 Å². The molecule has 0 saturated carbocycles. The predicted molar refractivity (Wildman–Crippen MR) is 86.5 cm³/mol. The van der Waals surface area contributed by atoms with Gasteiger partial charge in [-0.15, -0.1) is 0 Å². The summed E-state index contributed by atoms with van der Waals surface area (Å²) in [6.45, 7) is 4.40. The zero-order valence-electron chi connectivity index (χ0n) is 11.8. The lowest BCUT2D eigenvalue weighted by Crippen LogP contribution is -2.41. The highest BCUT2D eigenvalue weighted by molar-refractivity contribution is 7.99. The second-order valence-corrected chi connectivity index (χ2v) is 6.61. The van der Waals surface area contributed by atoms with Gasteiger partial charge in [0.2, 0.25) is 0 Å². The number of nitrogens with zero attached hydrogens (tertiary/aromatic N) is 1. The average Bonchev–Trinajstić information content (AvgIpc) is 2.71. The Morgan fingerprint density at radius 1 is 1.45 bits per heavy atom. The number of thioether (sulfide) groups is 1. The van der Waals surface area contributed by atoms with Crippen molar-refractivity contribution in [2.24, 2.45) is 0 Å². The minimum atomic E-state index is 0.0623. The fourth-order valence-corrected chi connectivity index (χ4v) is 3.90. The molecular formula is C15H21ClN2OS. The maximum absolute atomic E-state index is 12.0. The fraction of sp³-hybridized carbons (Fsp3) is 0.533. The van der Waals surface area contributed by atoms with Crippen molar-refractivity contribution in [2.75, 3.05) is 25.4 Å². The van der Waals surface area contributed by atoms with Gasteiger partial charge in [-0.05, 0) is 24.5 Å². The van der Waals surface area contributed by atoms with Crippen molar-refractivity contribution in [1.29, 1.82) is 0 Å². The van der Waals surface area contributed by atoms with Crippen LogP contribution in [0.3, 0.4) is 0 Å². The number of nitrogens with one attached hydrogen (secondary N) is 1. The van der Waals surface area contributed by atoms with E-state index in [9.17, 15) is 4.79 Å². The van der Waals surface area contributed by atoms with E-state index in [4.69, 9.17) is 11.6 Å². The van der Waals surface area contributed by atoms with Crippen LogP contribution in [0.15, 0.2) is 24.3 Å². The molecule has 0 radical (unpaired) electrons. The van der Waals surface area contributed by atoms with E-state index in [2.05, 4.69) is 18.3 Å². The molecule has 1 aliphatic heterocycles. The zero-order valence-corrected chi connectivity index (χ0v) is 13.3. The number of urea groups is 1. The summed E-state index contributed by atoms with van der Waals surface area (Å²) in [7, 11) is 0. The largest absolute Gasteiger partial charge is 0.338 e. The Morgan fingerprint density at radius 3 is 3.00 bits per heavy atom. The lowest BCUT2D eigenvalue weighted by Gasteiger charge is -2.20.